The van der Waals surface area contributed by atoms with E-state index in [2.05, 4.69) is 41.5 Å². The lowest BCUT2D eigenvalue weighted by molar-refractivity contribution is 0.364. The molecule has 0 rings (SSSR count). The summed E-state index contributed by atoms with van der Waals surface area (Å²) in [5, 5.41) is 0. The first kappa shape index (κ1) is 14.1. The lowest BCUT2D eigenvalue weighted by Crippen LogP contribution is -2.02. The molecule has 0 aliphatic rings. The molecular weight excluding hydrogens is 187 g/mol. The van der Waals surface area contributed by atoms with Crippen LogP contribution >= 0.6 is 0 Å². The van der Waals surface area contributed by atoms with E-state index in [1.54, 1.807) is 12.5 Å². The maximum atomic E-state index is 5.17. The van der Waals surface area contributed by atoms with Gasteiger partial charge in [-0.15, -0.1) is 0 Å². The van der Waals surface area contributed by atoms with Gasteiger partial charge in [0.2, 0.25) is 0 Å². The fraction of sp³-hybridized carbons (Fsp3) is 0.667. The van der Waals surface area contributed by atoms with Crippen molar-refractivity contribution in [2.24, 2.45) is 10.8 Å². The third kappa shape index (κ3) is 13.1. The van der Waals surface area contributed by atoms with Crippen LogP contribution in [0.15, 0.2) is 24.7 Å². The quantitative estimate of drug-likeness (QED) is 0.402. The predicted octanol–water partition coefficient (Wildman–Crippen LogP) is 3.41. The first-order valence-corrected chi connectivity index (χ1v) is 5.29. The molecule has 0 aromatic heterocycles. The third-order valence-corrected chi connectivity index (χ3v) is 1.46. The van der Waals surface area contributed by atoms with E-state index < -0.39 is 0 Å². The summed E-state index contributed by atoms with van der Waals surface area (Å²) >= 11 is 0. The number of hydrogen-bond donors (Lipinski definition) is 0. The average molecular weight is 210 g/mol. The van der Waals surface area contributed by atoms with Crippen molar-refractivity contribution in [2.45, 2.75) is 41.5 Å². The molecule has 0 saturated carbocycles. The second-order valence-corrected chi connectivity index (χ2v) is 5.79. The Labute approximate surface area is 94.7 Å². The Bertz CT molecular complexity index is 195. The van der Waals surface area contributed by atoms with Crippen LogP contribution in [0.25, 0.3) is 0 Å². The Morgan fingerprint density at radius 2 is 1.07 bits per heavy atom. The molecule has 0 amide bonds. The minimum atomic E-state index is 0.154. The zero-order valence-corrected chi connectivity index (χ0v) is 10.8. The molecule has 0 fully saturated rings. The summed E-state index contributed by atoms with van der Waals surface area (Å²) in [6, 6.07) is 0. The van der Waals surface area contributed by atoms with Crippen molar-refractivity contribution in [2.75, 3.05) is 0 Å². The van der Waals surface area contributed by atoms with Crippen molar-refractivity contribution in [1.82, 2.24) is 0 Å². The van der Waals surface area contributed by atoms with Gasteiger partial charge in [-0.3, -0.25) is 0 Å². The third-order valence-electron chi connectivity index (χ3n) is 1.46. The number of allylic oxidation sites excluding steroid dienone is 2. The van der Waals surface area contributed by atoms with Gasteiger partial charge in [-0.25, -0.2) is 0 Å². The summed E-state index contributed by atoms with van der Waals surface area (Å²) < 4.78 is 10.3. The Balaban J connectivity index is 3.57. The van der Waals surface area contributed by atoms with Crippen molar-refractivity contribution in [3.63, 3.8) is 0 Å². The Morgan fingerprint density at radius 3 is 1.33 bits per heavy atom. The van der Waals surface area contributed by atoms with Gasteiger partial charge in [0.1, 0.15) is 0 Å². The summed E-state index contributed by atoms with van der Waals surface area (Å²) in [5.74, 6) is 0. The molecule has 0 saturated heterocycles. The maximum Gasteiger partial charge on any atom is 0.575 e. The van der Waals surface area contributed by atoms with Gasteiger partial charge in [0.05, 0.1) is 12.5 Å². The molecule has 0 atom stereocenters. The van der Waals surface area contributed by atoms with E-state index in [9.17, 15) is 0 Å². The molecule has 15 heavy (non-hydrogen) atoms. The zero-order valence-electron chi connectivity index (χ0n) is 10.8. The Kier molecular flexibility index (Phi) is 5.55. The van der Waals surface area contributed by atoms with Gasteiger partial charge in [-0.2, -0.15) is 0 Å². The molecule has 0 N–H and O–H groups in total. The molecule has 0 aliphatic heterocycles. The molecule has 0 radical (unpaired) electrons. The SMILES string of the molecule is CC(C)(C)C=COBOC=CC(C)(C)C. The summed E-state index contributed by atoms with van der Waals surface area (Å²) in [4.78, 5) is 0. The van der Waals surface area contributed by atoms with Crippen molar-refractivity contribution in [3.05, 3.63) is 24.7 Å². The normalized spacial score (nSPS) is 13.5. The Morgan fingerprint density at radius 1 is 0.733 bits per heavy atom. The van der Waals surface area contributed by atoms with Gasteiger partial charge in [-0.05, 0) is 23.0 Å². The standard InChI is InChI=1S/C12H23BO2/c1-11(2,3)7-9-14-13-15-10-8-12(4,5)6/h7-10,13H,1-6H3. The van der Waals surface area contributed by atoms with Crippen LogP contribution in [0.5, 0.6) is 0 Å². The van der Waals surface area contributed by atoms with Gasteiger partial charge < -0.3 is 9.31 Å². The van der Waals surface area contributed by atoms with Crippen LogP contribution in [0, 0.1) is 10.8 Å². The van der Waals surface area contributed by atoms with E-state index >= 15 is 0 Å². The van der Waals surface area contributed by atoms with E-state index in [-0.39, 0.29) is 18.5 Å². The van der Waals surface area contributed by atoms with E-state index in [0.29, 0.717) is 0 Å². The smallest absolute Gasteiger partial charge is 0.535 e. The van der Waals surface area contributed by atoms with Crippen LogP contribution in [0.1, 0.15) is 41.5 Å². The van der Waals surface area contributed by atoms with E-state index in [0.717, 1.165) is 0 Å². The van der Waals surface area contributed by atoms with Gasteiger partial charge >= 0.3 is 7.69 Å². The highest BCUT2D eigenvalue weighted by molar-refractivity contribution is 6.18. The molecule has 86 valence electrons. The van der Waals surface area contributed by atoms with Crippen LogP contribution in [0.4, 0.5) is 0 Å². The highest BCUT2D eigenvalue weighted by atomic mass is 16.6. The first-order chi connectivity index (χ1) is 6.71. The van der Waals surface area contributed by atoms with E-state index in [4.69, 9.17) is 9.31 Å². The topological polar surface area (TPSA) is 18.5 Å². The number of rotatable bonds is 4. The van der Waals surface area contributed by atoms with Crippen molar-refractivity contribution >= 4 is 7.69 Å². The molecule has 0 aliphatic carbocycles. The molecule has 2 nitrogen and oxygen atoms in total. The van der Waals surface area contributed by atoms with Crippen molar-refractivity contribution < 1.29 is 9.31 Å². The molecule has 0 unspecified atom stereocenters. The van der Waals surface area contributed by atoms with Crippen LogP contribution in [0.2, 0.25) is 0 Å². The lowest BCUT2D eigenvalue weighted by Gasteiger charge is -2.11. The molecule has 0 aromatic carbocycles. The zero-order chi connectivity index (χ0) is 11.9. The fourth-order valence-corrected chi connectivity index (χ4v) is 0.622. The lowest BCUT2D eigenvalue weighted by atomic mass is 9.97. The largest absolute Gasteiger partial charge is 0.575 e. The summed E-state index contributed by atoms with van der Waals surface area (Å²) in [6.07, 6.45) is 7.38. The second-order valence-electron chi connectivity index (χ2n) is 5.79. The van der Waals surface area contributed by atoms with Gasteiger partial charge in [-0.1, -0.05) is 41.5 Å². The summed E-state index contributed by atoms with van der Waals surface area (Å²) in [5.41, 5.74) is 0.308. The summed E-state index contributed by atoms with van der Waals surface area (Å²) in [6.45, 7) is 12.7. The van der Waals surface area contributed by atoms with Crippen LogP contribution < -0.4 is 0 Å². The highest BCUT2D eigenvalue weighted by Gasteiger charge is 2.04. The molecule has 0 aromatic rings. The van der Waals surface area contributed by atoms with Gasteiger partial charge in [0.25, 0.3) is 0 Å². The Hall–Kier alpha value is -0.855. The monoisotopic (exact) mass is 210 g/mol. The minimum Gasteiger partial charge on any atom is -0.535 e. The van der Waals surface area contributed by atoms with Crippen LogP contribution in [0.3, 0.4) is 0 Å². The summed E-state index contributed by atoms with van der Waals surface area (Å²) in [7, 11) is 0.263. The van der Waals surface area contributed by atoms with E-state index in [1.807, 2.05) is 12.2 Å². The predicted molar refractivity (Wildman–Crippen MR) is 66.5 cm³/mol. The van der Waals surface area contributed by atoms with Crippen LogP contribution in [-0.2, 0) is 9.31 Å². The molecule has 0 spiro atoms. The first-order valence-electron chi connectivity index (χ1n) is 5.29. The number of hydrogen-bond acceptors (Lipinski definition) is 2. The molecule has 0 heterocycles. The molecule has 3 heteroatoms. The highest BCUT2D eigenvalue weighted by Crippen LogP contribution is 2.15. The maximum absolute atomic E-state index is 5.17. The van der Waals surface area contributed by atoms with E-state index in [1.165, 1.54) is 0 Å². The minimum absolute atomic E-state index is 0.154. The second kappa shape index (κ2) is 5.89. The van der Waals surface area contributed by atoms with Gasteiger partial charge in [0.15, 0.2) is 0 Å². The molecular formula is C12H23BO2. The molecule has 0 bridgehead atoms. The average Bonchev–Trinajstić information content (AvgIpc) is 1.98. The van der Waals surface area contributed by atoms with Crippen molar-refractivity contribution in [1.29, 1.82) is 0 Å². The van der Waals surface area contributed by atoms with Gasteiger partial charge in [0, 0.05) is 0 Å². The fourth-order valence-electron chi connectivity index (χ4n) is 0.622. The van der Waals surface area contributed by atoms with Crippen molar-refractivity contribution in [3.8, 4) is 0 Å². The van der Waals surface area contributed by atoms with Crippen LogP contribution in [-0.4, -0.2) is 7.69 Å².